The van der Waals surface area contributed by atoms with Gasteiger partial charge in [-0.3, -0.25) is 0 Å². The second kappa shape index (κ2) is 17.7. The van der Waals surface area contributed by atoms with Gasteiger partial charge in [0, 0.05) is 166 Å². The first-order valence-electron chi connectivity index (χ1n) is 20.1. The van der Waals surface area contributed by atoms with Crippen molar-refractivity contribution in [2.45, 2.75) is 38.5 Å². The number of hydrogen-bond donors (Lipinski definition) is 0. The molecule has 6 bridgehead atoms. The molecule has 3 aliphatic heterocycles. The molecular weight excluding hydrogens is 673 g/mol. The Morgan fingerprint density at radius 2 is 0.352 bits per heavy atom. The molecule has 54 heavy (non-hydrogen) atoms. The van der Waals surface area contributed by atoms with Crippen molar-refractivity contribution < 1.29 is 0 Å². The van der Waals surface area contributed by atoms with Crippen LogP contribution in [-0.2, 0) is 0 Å². The second-order valence-electron chi connectivity index (χ2n) is 17.2. The molecule has 0 fully saturated rings. The van der Waals surface area contributed by atoms with Gasteiger partial charge in [-0.15, -0.1) is 0 Å². The molecule has 3 aliphatic rings. The number of fused-ring (bicyclic) bond motifs is 15. The summed E-state index contributed by atoms with van der Waals surface area (Å²) in [7, 11) is 40.6. The highest BCUT2D eigenvalue weighted by molar-refractivity contribution is 6.10. The third-order valence-corrected chi connectivity index (χ3v) is 11.4. The zero-order valence-electron chi connectivity index (χ0n) is 37.9. The third-order valence-electron chi connectivity index (χ3n) is 11.4. The van der Waals surface area contributed by atoms with E-state index in [1.54, 1.807) is 0 Å². The Hall–Kier alpha value is -3.96. The molecule has 5 rings (SSSR count). The Labute approximate surface area is 331 Å². The van der Waals surface area contributed by atoms with Crippen LogP contribution < -0.4 is 58.8 Å². The lowest BCUT2D eigenvalue weighted by Gasteiger charge is -2.42. The zero-order chi connectivity index (χ0) is 40.3. The van der Waals surface area contributed by atoms with Gasteiger partial charge in [0.05, 0.1) is 68.2 Å². The minimum absolute atomic E-state index is 0.964. The molecule has 0 unspecified atom stereocenters. The number of hydrogen-bond acceptors (Lipinski definition) is 12. The first-order chi connectivity index (χ1) is 25.3. The molecule has 0 N–H and O–H groups in total. The van der Waals surface area contributed by atoms with E-state index in [0.29, 0.717) is 0 Å². The minimum atomic E-state index is 0.964. The summed E-state index contributed by atoms with van der Waals surface area (Å²) < 4.78 is 0. The van der Waals surface area contributed by atoms with Crippen LogP contribution in [-0.4, -0.2) is 166 Å². The van der Waals surface area contributed by atoms with Crippen LogP contribution in [0.1, 0.15) is 38.5 Å². The van der Waals surface area contributed by atoms with Gasteiger partial charge in [-0.05, 0) is 38.5 Å². The van der Waals surface area contributed by atoms with E-state index < -0.39 is 0 Å². The summed E-state index contributed by atoms with van der Waals surface area (Å²) in [4.78, 5) is 29.5. The molecule has 0 radical (unpaired) electrons. The Bertz CT molecular complexity index is 1230. The van der Waals surface area contributed by atoms with Crippen molar-refractivity contribution >= 4 is 68.2 Å². The lowest BCUT2D eigenvalue weighted by Crippen LogP contribution is -2.35. The highest BCUT2D eigenvalue weighted by Gasteiger charge is 2.35. The molecular formula is C42H78N12. The molecule has 2 aromatic rings. The van der Waals surface area contributed by atoms with E-state index >= 15 is 0 Å². The molecule has 3 heterocycles. The van der Waals surface area contributed by atoms with Crippen LogP contribution in [0.25, 0.3) is 0 Å². The van der Waals surface area contributed by atoms with E-state index in [-0.39, 0.29) is 0 Å². The fourth-order valence-corrected chi connectivity index (χ4v) is 8.82. The molecule has 0 aromatic heterocycles. The second-order valence-corrected chi connectivity index (χ2v) is 17.2. The maximum atomic E-state index is 2.55. The Kier molecular flexibility index (Phi) is 14.0. The van der Waals surface area contributed by atoms with Crippen molar-refractivity contribution in [3.8, 4) is 0 Å². The van der Waals surface area contributed by atoms with Gasteiger partial charge in [-0.2, -0.15) is 0 Å². The van der Waals surface area contributed by atoms with Crippen molar-refractivity contribution in [1.29, 1.82) is 0 Å². The largest absolute Gasteiger partial charge is 0.374 e. The summed E-state index contributed by atoms with van der Waals surface area (Å²) in [6.07, 6.45) is 6.48. The van der Waals surface area contributed by atoms with Crippen LogP contribution in [0.4, 0.5) is 68.2 Å². The number of nitrogens with zero attached hydrogens (tertiary/aromatic N) is 12. The van der Waals surface area contributed by atoms with Gasteiger partial charge in [0.1, 0.15) is 0 Å². The van der Waals surface area contributed by atoms with Crippen LogP contribution in [0.5, 0.6) is 0 Å². The first-order valence-corrected chi connectivity index (χ1v) is 20.1. The Morgan fingerprint density at radius 3 is 0.444 bits per heavy atom. The maximum absolute atomic E-state index is 2.55. The van der Waals surface area contributed by atoms with Gasteiger partial charge < -0.3 is 58.8 Å². The van der Waals surface area contributed by atoms with Gasteiger partial charge in [0.25, 0.3) is 0 Å². The van der Waals surface area contributed by atoms with Gasteiger partial charge >= 0.3 is 0 Å². The molecule has 0 spiro atoms. The number of benzene rings is 2. The van der Waals surface area contributed by atoms with Crippen LogP contribution in [0.3, 0.4) is 0 Å². The topological polar surface area (TPSA) is 38.9 Å². The summed E-state index contributed by atoms with van der Waals surface area (Å²) in [5.74, 6) is 0. The molecule has 306 valence electrons. The Morgan fingerprint density at radius 1 is 0.241 bits per heavy atom. The lowest BCUT2D eigenvalue weighted by atomic mass is 10.0. The summed E-state index contributed by atoms with van der Waals surface area (Å²) in [6, 6.07) is 0. The van der Waals surface area contributed by atoms with Gasteiger partial charge in [0.15, 0.2) is 0 Å². The number of rotatable bonds is 6. The van der Waals surface area contributed by atoms with Crippen LogP contribution in [0.15, 0.2) is 0 Å². The number of anilines is 12. The van der Waals surface area contributed by atoms with Crippen molar-refractivity contribution in [1.82, 2.24) is 0 Å². The molecule has 0 amide bonds. The van der Waals surface area contributed by atoms with Gasteiger partial charge in [-0.25, -0.2) is 0 Å². The van der Waals surface area contributed by atoms with E-state index in [9.17, 15) is 0 Å². The van der Waals surface area contributed by atoms with Crippen LogP contribution >= 0.6 is 0 Å². The molecule has 0 atom stereocenters. The highest BCUT2D eigenvalue weighted by atomic mass is 15.3. The maximum Gasteiger partial charge on any atom is 0.0883 e. The predicted octanol–water partition coefficient (Wildman–Crippen LogP) is 5.77. The van der Waals surface area contributed by atoms with Crippen molar-refractivity contribution in [3.05, 3.63) is 0 Å². The van der Waals surface area contributed by atoms with Gasteiger partial charge in [-0.1, -0.05) is 0 Å². The monoisotopic (exact) mass is 751 g/mol. The third kappa shape index (κ3) is 8.32. The van der Waals surface area contributed by atoms with Crippen LogP contribution in [0.2, 0.25) is 0 Å². The standard InChI is InChI=1S/C42H78N12/c1-43(2)31-37-32(44(3)4)39-33(45(5)6)38(31)50(14)26-20-22-29-53(17)41-34(46(7)8)40(52(16)28-21-19-25-49(37)13)35(47(9)10)42(36(41)48(11)12)54(18)30-24-23-27-51(39)15/h19-30H2,1-18H3. The van der Waals surface area contributed by atoms with Gasteiger partial charge in [0.2, 0.25) is 0 Å². The van der Waals surface area contributed by atoms with E-state index in [2.05, 4.69) is 186 Å². The van der Waals surface area contributed by atoms with E-state index in [1.807, 2.05) is 0 Å². The first kappa shape index (κ1) is 42.8. The van der Waals surface area contributed by atoms with Crippen molar-refractivity contribution in [2.24, 2.45) is 0 Å². The molecule has 12 nitrogen and oxygen atoms in total. The lowest BCUT2D eigenvalue weighted by molar-refractivity contribution is 0.693. The average molecular weight is 751 g/mol. The summed E-state index contributed by atoms with van der Waals surface area (Å²) >= 11 is 0. The summed E-state index contributed by atoms with van der Waals surface area (Å²) in [5, 5.41) is 0. The van der Waals surface area contributed by atoms with E-state index in [1.165, 1.54) is 68.2 Å². The van der Waals surface area contributed by atoms with Crippen LogP contribution in [0, 0.1) is 0 Å². The molecule has 0 saturated heterocycles. The molecule has 12 heteroatoms. The molecule has 0 saturated carbocycles. The predicted molar refractivity (Wildman–Crippen MR) is 246 cm³/mol. The van der Waals surface area contributed by atoms with E-state index in [4.69, 9.17) is 0 Å². The molecule has 2 aromatic carbocycles. The molecule has 0 aliphatic carbocycles. The summed E-state index contributed by atoms with van der Waals surface area (Å²) in [5.41, 5.74) is 15.6. The highest BCUT2D eigenvalue weighted by Crippen LogP contribution is 2.58. The quantitative estimate of drug-likeness (QED) is 0.361. The minimum Gasteiger partial charge on any atom is -0.374 e. The Balaban J connectivity index is 2.14. The SMILES string of the molecule is CN(C)c1c2c(N(C)C)c3c(N(C)C)c1N(C)CCCCN(C)c1c(N(C)C)c(c(N(C)C)c(c1N(C)C)N(C)CCCCN3C)N(C)CCCCN2C. The fourth-order valence-electron chi connectivity index (χ4n) is 8.82. The van der Waals surface area contributed by atoms with Crippen molar-refractivity contribution in [2.75, 3.05) is 225 Å². The van der Waals surface area contributed by atoms with E-state index in [0.717, 1.165) is 77.8 Å². The zero-order valence-corrected chi connectivity index (χ0v) is 37.9. The normalized spacial score (nSPS) is 16.3. The van der Waals surface area contributed by atoms with Crippen molar-refractivity contribution in [3.63, 3.8) is 0 Å². The smallest absolute Gasteiger partial charge is 0.0883 e. The summed E-state index contributed by atoms with van der Waals surface area (Å²) in [6.45, 7) is 5.78. The fraction of sp³-hybridized carbons (Fsp3) is 0.714. The average Bonchev–Trinajstić information content (AvgIpc) is 3.09.